The molecule has 0 aliphatic carbocycles. The average Bonchev–Trinajstić information content (AvgIpc) is 2.81. The molecule has 100 valence electrons. The van der Waals surface area contributed by atoms with Crippen LogP contribution in [-0.4, -0.2) is 10.5 Å². The van der Waals surface area contributed by atoms with Crippen LogP contribution in [-0.2, 0) is 11.8 Å². The van der Waals surface area contributed by atoms with Gasteiger partial charge in [-0.2, -0.15) is 5.26 Å². The molecule has 0 unspecified atom stereocenters. The third-order valence-corrected chi connectivity index (χ3v) is 2.92. The molecule has 0 fully saturated rings. The van der Waals surface area contributed by atoms with Gasteiger partial charge in [-0.05, 0) is 42.8 Å². The Hall–Kier alpha value is -2.80. The van der Waals surface area contributed by atoms with Crippen molar-refractivity contribution < 1.29 is 4.79 Å². The summed E-state index contributed by atoms with van der Waals surface area (Å²) in [6.45, 7) is 1.95. The van der Waals surface area contributed by atoms with Crippen molar-refractivity contribution in [3.63, 3.8) is 0 Å². The molecule has 4 nitrogen and oxygen atoms in total. The molecule has 0 aliphatic rings. The van der Waals surface area contributed by atoms with Gasteiger partial charge >= 0.3 is 0 Å². The number of hydrogen-bond acceptors (Lipinski definition) is 2. The van der Waals surface area contributed by atoms with Gasteiger partial charge in [0.05, 0.1) is 0 Å². The van der Waals surface area contributed by atoms with Gasteiger partial charge in [0, 0.05) is 24.6 Å². The summed E-state index contributed by atoms with van der Waals surface area (Å²) >= 11 is 0. The molecule has 1 aromatic heterocycles. The lowest BCUT2D eigenvalue weighted by Gasteiger charge is -2.05. The summed E-state index contributed by atoms with van der Waals surface area (Å²) in [7, 11) is 1.86. The van der Waals surface area contributed by atoms with Gasteiger partial charge in [-0.15, -0.1) is 0 Å². The predicted molar refractivity (Wildman–Crippen MR) is 78.8 cm³/mol. The van der Waals surface area contributed by atoms with E-state index >= 15 is 0 Å². The molecule has 0 saturated heterocycles. The van der Waals surface area contributed by atoms with Crippen molar-refractivity contribution in [3.8, 4) is 6.07 Å². The highest BCUT2D eigenvalue weighted by Crippen LogP contribution is 2.12. The maximum absolute atomic E-state index is 12.1. The smallest absolute Gasteiger partial charge is 0.266 e. The van der Waals surface area contributed by atoms with Crippen molar-refractivity contribution in [1.82, 2.24) is 4.57 Å². The summed E-state index contributed by atoms with van der Waals surface area (Å²) < 4.78 is 1.84. The summed E-state index contributed by atoms with van der Waals surface area (Å²) in [5.74, 6) is -0.403. The van der Waals surface area contributed by atoms with Crippen LogP contribution < -0.4 is 5.32 Å². The summed E-state index contributed by atoms with van der Waals surface area (Å²) in [6.07, 6.45) is 3.43. The van der Waals surface area contributed by atoms with Gasteiger partial charge in [-0.25, -0.2) is 0 Å². The second-order valence-electron chi connectivity index (χ2n) is 4.54. The molecule has 0 bridgehead atoms. The molecular weight excluding hydrogens is 250 g/mol. The van der Waals surface area contributed by atoms with Gasteiger partial charge in [0.25, 0.3) is 5.91 Å². The first kappa shape index (κ1) is 13.6. The summed E-state index contributed by atoms with van der Waals surface area (Å²) in [6, 6.07) is 13.1. The average molecular weight is 265 g/mol. The molecule has 1 amide bonds. The number of amides is 1. The number of nitrogens with one attached hydrogen (secondary N) is 1. The van der Waals surface area contributed by atoms with E-state index in [1.54, 1.807) is 12.1 Å². The Morgan fingerprint density at radius 1 is 1.35 bits per heavy atom. The molecule has 4 heteroatoms. The first-order chi connectivity index (χ1) is 9.60. The Morgan fingerprint density at radius 2 is 2.15 bits per heavy atom. The molecular formula is C16H15N3O. The lowest BCUT2D eigenvalue weighted by atomic mass is 10.2. The fourth-order valence-electron chi connectivity index (χ4n) is 1.84. The highest BCUT2D eigenvalue weighted by molar-refractivity contribution is 6.09. The predicted octanol–water partition coefficient (Wildman–Crippen LogP) is 2.88. The van der Waals surface area contributed by atoms with Gasteiger partial charge in [-0.3, -0.25) is 4.79 Å². The zero-order valence-electron chi connectivity index (χ0n) is 11.4. The van der Waals surface area contributed by atoms with Crippen molar-refractivity contribution in [2.75, 3.05) is 5.32 Å². The molecule has 0 atom stereocenters. The monoisotopic (exact) mass is 265 g/mol. The summed E-state index contributed by atoms with van der Waals surface area (Å²) in [5.41, 5.74) is 2.62. The Labute approximate surface area is 118 Å². The second-order valence-corrected chi connectivity index (χ2v) is 4.54. The third-order valence-electron chi connectivity index (χ3n) is 2.92. The van der Waals surface area contributed by atoms with Crippen molar-refractivity contribution in [1.29, 1.82) is 5.26 Å². The van der Waals surface area contributed by atoms with Gasteiger partial charge in [0.15, 0.2) is 0 Å². The van der Waals surface area contributed by atoms with Crippen LogP contribution in [0, 0.1) is 18.3 Å². The van der Waals surface area contributed by atoms with Crippen LogP contribution in [0.5, 0.6) is 0 Å². The van der Waals surface area contributed by atoms with E-state index in [0.29, 0.717) is 5.69 Å². The number of aryl methyl sites for hydroxylation is 2. The van der Waals surface area contributed by atoms with Crippen LogP contribution in [0.2, 0.25) is 0 Å². The van der Waals surface area contributed by atoms with Crippen LogP contribution in [0.4, 0.5) is 5.69 Å². The number of carbonyl (C=O) groups excluding carboxylic acids is 1. The van der Waals surface area contributed by atoms with Crippen molar-refractivity contribution in [2.45, 2.75) is 6.92 Å². The highest BCUT2D eigenvalue weighted by Gasteiger charge is 2.10. The van der Waals surface area contributed by atoms with Crippen LogP contribution in [0.1, 0.15) is 11.3 Å². The first-order valence-electron chi connectivity index (χ1n) is 6.21. The van der Waals surface area contributed by atoms with Gasteiger partial charge in [-0.1, -0.05) is 12.1 Å². The Bertz CT molecular complexity index is 705. The van der Waals surface area contributed by atoms with Crippen molar-refractivity contribution in [3.05, 3.63) is 59.4 Å². The molecule has 0 spiro atoms. The number of nitriles is 1. The molecule has 2 rings (SSSR count). The van der Waals surface area contributed by atoms with E-state index in [9.17, 15) is 4.79 Å². The Balaban J connectivity index is 2.21. The molecule has 0 aliphatic heterocycles. The highest BCUT2D eigenvalue weighted by atomic mass is 16.1. The van der Waals surface area contributed by atoms with Crippen molar-refractivity contribution >= 4 is 17.7 Å². The lowest BCUT2D eigenvalue weighted by molar-refractivity contribution is -0.112. The lowest BCUT2D eigenvalue weighted by Crippen LogP contribution is -2.13. The molecule has 1 aromatic carbocycles. The topological polar surface area (TPSA) is 57.8 Å². The number of hydrogen-bond donors (Lipinski definition) is 1. The largest absolute Gasteiger partial charge is 0.351 e. The Morgan fingerprint density at radius 3 is 2.75 bits per heavy atom. The number of rotatable bonds is 3. The number of nitrogens with zero attached hydrogens (tertiary/aromatic N) is 2. The first-order valence-corrected chi connectivity index (χ1v) is 6.21. The molecule has 20 heavy (non-hydrogen) atoms. The SMILES string of the molecule is Cc1cccc(NC(=O)/C(C#N)=C\c2cccn2C)c1. The number of carbonyl (C=O) groups is 1. The van der Waals surface area contributed by atoms with E-state index in [0.717, 1.165) is 11.3 Å². The number of anilines is 1. The van der Waals surface area contributed by atoms with Gasteiger partial charge in [0.1, 0.15) is 11.6 Å². The molecule has 2 aromatic rings. The van der Waals surface area contributed by atoms with E-state index in [1.165, 1.54) is 0 Å². The maximum atomic E-state index is 12.1. The van der Waals surface area contributed by atoms with Crippen molar-refractivity contribution in [2.24, 2.45) is 7.05 Å². The van der Waals surface area contributed by atoms with E-state index in [1.807, 2.05) is 61.1 Å². The van der Waals surface area contributed by atoms with E-state index < -0.39 is 5.91 Å². The van der Waals surface area contributed by atoms with Gasteiger partial charge < -0.3 is 9.88 Å². The normalized spacial score (nSPS) is 10.9. The minimum absolute atomic E-state index is 0.0771. The van der Waals surface area contributed by atoms with E-state index in [-0.39, 0.29) is 5.57 Å². The minimum Gasteiger partial charge on any atom is -0.351 e. The van der Waals surface area contributed by atoms with E-state index in [4.69, 9.17) is 5.26 Å². The standard InChI is InChI=1S/C16H15N3O/c1-12-5-3-6-14(9-12)18-16(20)13(11-17)10-15-7-4-8-19(15)2/h3-10H,1-2H3,(H,18,20)/b13-10-. The quantitative estimate of drug-likeness (QED) is 0.685. The summed E-state index contributed by atoms with van der Waals surface area (Å²) in [4.78, 5) is 12.1. The fourth-order valence-corrected chi connectivity index (χ4v) is 1.84. The molecule has 1 N–H and O–H groups in total. The van der Waals surface area contributed by atoms with Crippen LogP contribution in [0.15, 0.2) is 48.2 Å². The maximum Gasteiger partial charge on any atom is 0.266 e. The second kappa shape index (κ2) is 5.89. The fraction of sp³-hybridized carbons (Fsp3) is 0.125. The van der Waals surface area contributed by atoms with Crippen LogP contribution in [0.25, 0.3) is 6.08 Å². The molecule has 1 heterocycles. The Kier molecular flexibility index (Phi) is 4.02. The van der Waals surface area contributed by atoms with Crippen LogP contribution in [0.3, 0.4) is 0 Å². The minimum atomic E-state index is -0.403. The molecule has 0 radical (unpaired) electrons. The third kappa shape index (κ3) is 3.15. The number of aromatic nitrogens is 1. The van der Waals surface area contributed by atoms with E-state index in [2.05, 4.69) is 5.32 Å². The van der Waals surface area contributed by atoms with Crippen LogP contribution >= 0.6 is 0 Å². The summed E-state index contributed by atoms with van der Waals surface area (Å²) in [5, 5.41) is 11.9. The number of benzene rings is 1. The zero-order chi connectivity index (χ0) is 14.5. The molecule has 0 saturated carbocycles. The zero-order valence-corrected chi connectivity index (χ0v) is 11.4. The van der Waals surface area contributed by atoms with Gasteiger partial charge in [0.2, 0.25) is 0 Å².